The first-order chi connectivity index (χ1) is 8.97. The zero-order chi connectivity index (χ0) is 14.0. The molecular weight excluding hydrogens is 336 g/mol. The highest BCUT2D eigenvalue weighted by Crippen LogP contribution is 2.19. The van der Waals surface area contributed by atoms with Crippen LogP contribution in [0.25, 0.3) is 0 Å². The Hall–Kier alpha value is -1.19. The third-order valence-electron chi connectivity index (χ3n) is 2.78. The number of hydrogen-bond donors (Lipinski definition) is 3. The summed E-state index contributed by atoms with van der Waals surface area (Å²) in [5.41, 5.74) is 5.65. The Bertz CT molecular complexity index is 521. The number of anilines is 1. The molecule has 4 N–H and O–H groups in total. The number of amides is 1. The molecule has 1 aliphatic heterocycles. The largest absolute Gasteiger partial charge is 0.465 e. The maximum atomic E-state index is 12.0. The van der Waals surface area contributed by atoms with Crippen molar-refractivity contribution < 1.29 is 14.1 Å². The molecule has 1 aromatic heterocycles. The highest BCUT2D eigenvalue weighted by molar-refractivity contribution is 9.10. The predicted molar refractivity (Wildman–Crippen MR) is 73.8 cm³/mol. The Labute approximate surface area is 120 Å². The lowest BCUT2D eigenvalue weighted by Crippen LogP contribution is -2.52. The Morgan fingerprint density at radius 2 is 2.37 bits per heavy atom. The van der Waals surface area contributed by atoms with E-state index in [-0.39, 0.29) is 11.7 Å². The molecule has 1 saturated heterocycles. The summed E-state index contributed by atoms with van der Waals surface area (Å²) in [6.45, 7) is 1.40. The molecular formula is C10H13BrN4O3S. The minimum atomic E-state index is -1.45. The molecule has 9 heteroatoms. The van der Waals surface area contributed by atoms with E-state index in [0.717, 1.165) is 0 Å². The van der Waals surface area contributed by atoms with Crippen LogP contribution in [0.15, 0.2) is 21.6 Å². The van der Waals surface area contributed by atoms with Crippen LogP contribution in [-0.4, -0.2) is 44.9 Å². The first-order valence-electron chi connectivity index (χ1n) is 5.51. The Kier molecular flexibility index (Phi) is 4.38. The standard InChI is InChI=1S/C10H13BrN4O3S/c11-7-1-8(9(12)13-3-7)19(18)14-2-6-4-15(5-6)10(16)17/h1,3,6,14H,2,4-5H2,(H2,12,13)(H,16,17). The van der Waals surface area contributed by atoms with E-state index in [1.165, 1.54) is 11.1 Å². The molecule has 1 aromatic rings. The van der Waals surface area contributed by atoms with Crippen LogP contribution in [0.1, 0.15) is 0 Å². The molecule has 0 saturated carbocycles. The molecule has 1 amide bonds. The van der Waals surface area contributed by atoms with Crippen molar-refractivity contribution in [3.05, 3.63) is 16.7 Å². The van der Waals surface area contributed by atoms with Gasteiger partial charge in [-0.3, -0.25) is 0 Å². The molecule has 1 unspecified atom stereocenters. The van der Waals surface area contributed by atoms with Crippen molar-refractivity contribution in [2.45, 2.75) is 4.90 Å². The molecule has 0 bridgehead atoms. The van der Waals surface area contributed by atoms with E-state index in [1.807, 2.05) is 0 Å². The summed E-state index contributed by atoms with van der Waals surface area (Å²) in [5.74, 6) is 0.399. The number of nitrogen functional groups attached to an aromatic ring is 1. The van der Waals surface area contributed by atoms with Gasteiger partial charge in [0.2, 0.25) is 0 Å². The fraction of sp³-hybridized carbons (Fsp3) is 0.400. The topological polar surface area (TPSA) is 109 Å². The Morgan fingerprint density at radius 3 is 3.00 bits per heavy atom. The lowest BCUT2D eigenvalue weighted by atomic mass is 10.0. The minimum absolute atomic E-state index is 0.182. The van der Waals surface area contributed by atoms with Gasteiger partial charge < -0.3 is 15.7 Å². The third-order valence-corrected chi connectivity index (χ3v) is 4.37. The Morgan fingerprint density at radius 1 is 1.68 bits per heavy atom. The van der Waals surface area contributed by atoms with Gasteiger partial charge in [-0.1, -0.05) is 0 Å². The van der Waals surface area contributed by atoms with Crippen LogP contribution in [0.3, 0.4) is 0 Å². The molecule has 2 heterocycles. The van der Waals surface area contributed by atoms with Crippen LogP contribution in [-0.2, 0) is 11.0 Å². The summed E-state index contributed by atoms with van der Waals surface area (Å²) in [5, 5.41) is 8.69. The number of nitrogens with zero attached hydrogens (tertiary/aromatic N) is 2. The summed E-state index contributed by atoms with van der Waals surface area (Å²) in [6, 6.07) is 1.65. The zero-order valence-corrected chi connectivity index (χ0v) is 12.3. The first kappa shape index (κ1) is 14.2. The van der Waals surface area contributed by atoms with Crippen LogP contribution >= 0.6 is 15.9 Å². The van der Waals surface area contributed by atoms with Gasteiger partial charge in [0.1, 0.15) is 16.8 Å². The van der Waals surface area contributed by atoms with E-state index in [4.69, 9.17) is 10.8 Å². The van der Waals surface area contributed by atoms with Crippen LogP contribution < -0.4 is 10.5 Å². The summed E-state index contributed by atoms with van der Waals surface area (Å²) < 4.78 is 15.5. The fourth-order valence-electron chi connectivity index (χ4n) is 1.71. The summed E-state index contributed by atoms with van der Waals surface area (Å²) in [6.07, 6.45) is 0.616. The van der Waals surface area contributed by atoms with Crippen molar-refractivity contribution in [3.8, 4) is 0 Å². The van der Waals surface area contributed by atoms with Gasteiger partial charge in [-0.25, -0.2) is 18.7 Å². The van der Waals surface area contributed by atoms with Crippen LogP contribution in [0.5, 0.6) is 0 Å². The van der Waals surface area contributed by atoms with Crippen molar-refractivity contribution >= 4 is 38.8 Å². The number of nitrogens with two attached hydrogens (primary N) is 1. The Balaban J connectivity index is 1.85. The molecule has 0 radical (unpaired) electrons. The number of aromatic nitrogens is 1. The second-order valence-electron chi connectivity index (χ2n) is 4.21. The smallest absolute Gasteiger partial charge is 0.407 e. The van der Waals surface area contributed by atoms with Crippen molar-refractivity contribution in [3.63, 3.8) is 0 Å². The summed E-state index contributed by atoms with van der Waals surface area (Å²) >= 11 is 3.24. The number of rotatable bonds is 4. The lowest BCUT2D eigenvalue weighted by molar-refractivity contribution is 0.0838. The van der Waals surface area contributed by atoms with E-state index in [2.05, 4.69) is 25.6 Å². The van der Waals surface area contributed by atoms with E-state index in [1.54, 1.807) is 6.07 Å². The molecule has 1 atom stereocenters. The number of carbonyl (C=O) groups is 1. The molecule has 0 spiro atoms. The molecule has 2 rings (SSSR count). The van der Waals surface area contributed by atoms with Crippen molar-refractivity contribution in [2.75, 3.05) is 25.4 Å². The van der Waals surface area contributed by atoms with Gasteiger partial charge in [-0.05, 0) is 22.0 Å². The maximum Gasteiger partial charge on any atom is 0.407 e. The van der Waals surface area contributed by atoms with Gasteiger partial charge in [-0.2, -0.15) is 0 Å². The number of nitrogens with one attached hydrogen (secondary N) is 1. The predicted octanol–water partition coefficient (Wildman–Crippen LogP) is 0.648. The molecule has 0 aromatic carbocycles. The maximum absolute atomic E-state index is 12.0. The molecule has 0 aliphatic carbocycles. The molecule has 104 valence electrons. The molecule has 1 aliphatic rings. The van der Waals surface area contributed by atoms with E-state index in [9.17, 15) is 9.00 Å². The number of hydrogen-bond acceptors (Lipinski definition) is 4. The fourth-order valence-corrected chi connectivity index (χ4v) is 3.21. The second kappa shape index (κ2) is 5.85. The van der Waals surface area contributed by atoms with Crippen molar-refractivity contribution in [1.82, 2.24) is 14.6 Å². The van der Waals surface area contributed by atoms with Crippen LogP contribution in [0, 0.1) is 5.92 Å². The molecule has 1 fully saturated rings. The number of likely N-dealkylation sites (tertiary alicyclic amines) is 1. The van der Waals surface area contributed by atoms with Gasteiger partial charge in [0, 0.05) is 36.2 Å². The number of carboxylic acid groups (broad SMARTS) is 1. The quantitative estimate of drug-likeness (QED) is 0.740. The monoisotopic (exact) mass is 348 g/mol. The van der Waals surface area contributed by atoms with Gasteiger partial charge in [0.15, 0.2) is 0 Å². The average Bonchev–Trinajstić information content (AvgIpc) is 2.29. The van der Waals surface area contributed by atoms with Crippen LogP contribution in [0.4, 0.5) is 10.6 Å². The third kappa shape index (κ3) is 3.43. The zero-order valence-electron chi connectivity index (χ0n) is 9.88. The van der Waals surface area contributed by atoms with Crippen molar-refractivity contribution in [1.29, 1.82) is 0 Å². The van der Waals surface area contributed by atoms with E-state index < -0.39 is 17.1 Å². The van der Waals surface area contributed by atoms with Crippen molar-refractivity contribution in [2.24, 2.45) is 5.92 Å². The summed E-state index contributed by atoms with van der Waals surface area (Å²) in [7, 11) is -1.45. The number of pyridine rings is 1. The van der Waals surface area contributed by atoms with Gasteiger partial charge in [-0.15, -0.1) is 0 Å². The number of halogens is 1. The average molecular weight is 349 g/mol. The normalized spacial score (nSPS) is 17.0. The van der Waals surface area contributed by atoms with Crippen LogP contribution in [0.2, 0.25) is 0 Å². The molecule has 7 nitrogen and oxygen atoms in total. The first-order valence-corrected chi connectivity index (χ1v) is 7.46. The highest BCUT2D eigenvalue weighted by atomic mass is 79.9. The molecule has 19 heavy (non-hydrogen) atoms. The van der Waals surface area contributed by atoms with Gasteiger partial charge >= 0.3 is 6.09 Å². The van der Waals surface area contributed by atoms with E-state index >= 15 is 0 Å². The minimum Gasteiger partial charge on any atom is -0.465 e. The SMILES string of the molecule is Nc1ncc(Br)cc1S(=O)NCC1CN(C(=O)O)C1. The van der Waals surface area contributed by atoms with Gasteiger partial charge in [0.05, 0.1) is 4.90 Å². The van der Waals surface area contributed by atoms with Gasteiger partial charge in [0.25, 0.3) is 0 Å². The highest BCUT2D eigenvalue weighted by Gasteiger charge is 2.30. The second-order valence-corrected chi connectivity index (χ2v) is 6.39. The lowest BCUT2D eigenvalue weighted by Gasteiger charge is -2.36. The summed E-state index contributed by atoms with van der Waals surface area (Å²) in [4.78, 5) is 16.2. The van der Waals surface area contributed by atoms with E-state index in [0.29, 0.717) is 29.0 Å².